The summed E-state index contributed by atoms with van der Waals surface area (Å²) in [5.74, 6) is -0.0196. The van der Waals surface area contributed by atoms with Crippen molar-refractivity contribution in [1.29, 1.82) is 0 Å². The van der Waals surface area contributed by atoms with E-state index < -0.39 is 28.7 Å². The molecule has 0 spiro atoms. The fraction of sp³-hybridized carbons (Fsp3) is 0.484. The molecule has 1 aliphatic carbocycles. The van der Waals surface area contributed by atoms with E-state index in [1.807, 2.05) is 64.1 Å². The second kappa shape index (κ2) is 11.1. The van der Waals surface area contributed by atoms with Crippen LogP contribution >= 0.6 is 0 Å². The molecule has 200 valence electrons. The van der Waals surface area contributed by atoms with Crippen LogP contribution in [-0.4, -0.2) is 40.6 Å². The maximum Gasteiger partial charge on any atom is 0.184 e. The number of aliphatic hydroxyl groups is 2. The molecule has 2 unspecified atom stereocenters. The van der Waals surface area contributed by atoms with Gasteiger partial charge in [0.1, 0.15) is 28.9 Å². The molecule has 2 atom stereocenters. The average Bonchev–Trinajstić information content (AvgIpc) is 3.23. The molecule has 37 heavy (non-hydrogen) atoms. The number of aryl methyl sites for hydroxylation is 1. The van der Waals surface area contributed by atoms with Gasteiger partial charge < -0.3 is 19.7 Å². The molecule has 0 radical (unpaired) electrons. The maximum atomic E-state index is 14.1. The van der Waals surface area contributed by atoms with Gasteiger partial charge in [0.2, 0.25) is 0 Å². The Morgan fingerprint density at radius 2 is 1.76 bits per heavy atom. The lowest BCUT2D eigenvalue weighted by Gasteiger charge is -2.33. The number of rotatable bonds is 10. The predicted molar refractivity (Wildman–Crippen MR) is 144 cm³/mol. The van der Waals surface area contributed by atoms with Crippen LogP contribution < -0.4 is 4.74 Å². The summed E-state index contributed by atoms with van der Waals surface area (Å²) in [7, 11) is 1.59. The number of Topliss-reactive ketones (excluding diaryl/α,β-unsaturated/α-hetero) is 2. The zero-order valence-corrected chi connectivity index (χ0v) is 23.1. The molecule has 1 heterocycles. The number of carbonyl (C=O) groups is 2. The molecule has 1 aromatic carbocycles. The number of carbonyl (C=O) groups excluding carboxylic acids is 2. The van der Waals surface area contributed by atoms with Crippen molar-refractivity contribution in [3.8, 4) is 5.75 Å². The largest absolute Gasteiger partial charge is 0.507 e. The van der Waals surface area contributed by atoms with Gasteiger partial charge in [-0.1, -0.05) is 35.4 Å². The number of ketones is 2. The van der Waals surface area contributed by atoms with E-state index in [-0.39, 0.29) is 24.2 Å². The lowest BCUT2D eigenvalue weighted by atomic mass is 9.66. The van der Waals surface area contributed by atoms with E-state index in [1.165, 1.54) is 0 Å². The smallest absolute Gasteiger partial charge is 0.184 e. The third-order valence-corrected chi connectivity index (χ3v) is 7.13. The van der Waals surface area contributed by atoms with E-state index in [0.29, 0.717) is 30.6 Å². The predicted octanol–water partition coefficient (Wildman–Crippen LogP) is 6.10. The summed E-state index contributed by atoms with van der Waals surface area (Å²) in [6.45, 7) is 11.1. The van der Waals surface area contributed by atoms with Gasteiger partial charge in [-0.2, -0.15) is 0 Å². The zero-order chi connectivity index (χ0) is 27.5. The van der Waals surface area contributed by atoms with Crippen LogP contribution in [0.4, 0.5) is 0 Å². The summed E-state index contributed by atoms with van der Waals surface area (Å²) in [5.41, 5.74) is 0.938. The second-order valence-electron chi connectivity index (χ2n) is 11.1. The normalized spacial score (nSPS) is 21.4. The van der Waals surface area contributed by atoms with Crippen molar-refractivity contribution >= 4 is 11.6 Å². The fourth-order valence-electron chi connectivity index (χ4n) is 4.84. The van der Waals surface area contributed by atoms with Gasteiger partial charge in [-0.15, -0.1) is 0 Å². The molecular formula is C31H40O6. The Labute approximate surface area is 220 Å². The molecule has 0 aromatic heterocycles. The highest BCUT2D eigenvalue weighted by Gasteiger charge is 2.58. The minimum atomic E-state index is -1.21. The van der Waals surface area contributed by atoms with Crippen LogP contribution in [0, 0.1) is 5.41 Å². The summed E-state index contributed by atoms with van der Waals surface area (Å²) in [4.78, 5) is 27.7. The first-order valence-corrected chi connectivity index (χ1v) is 12.8. The molecule has 0 amide bonds. The summed E-state index contributed by atoms with van der Waals surface area (Å²) in [5, 5.41) is 22.1. The molecule has 2 aliphatic rings. The standard InChI is InChI=1S/C31H40O6/c1-19(2)8-14-23-27(33)26(24(32)15-11-21-9-12-22(36-7)13-10-21)28(34)31(17-16-20(3)4)18-25(30(5,6)35)37-29(23)31/h8-10,12-13,16,25,33,35H,11,14-15,17-18H2,1-7H3. The Morgan fingerprint density at radius 1 is 1.14 bits per heavy atom. The van der Waals surface area contributed by atoms with Crippen LogP contribution in [0.5, 0.6) is 5.75 Å². The van der Waals surface area contributed by atoms with E-state index in [4.69, 9.17) is 9.47 Å². The van der Waals surface area contributed by atoms with Crippen LogP contribution in [0.2, 0.25) is 0 Å². The third kappa shape index (κ3) is 6.07. The van der Waals surface area contributed by atoms with Gasteiger partial charge in [0.05, 0.1) is 18.1 Å². The number of aliphatic hydroxyl groups excluding tert-OH is 1. The van der Waals surface area contributed by atoms with Crippen molar-refractivity contribution in [2.24, 2.45) is 5.41 Å². The minimum absolute atomic E-state index is 0.0806. The van der Waals surface area contributed by atoms with Gasteiger partial charge in [-0.05, 0) is 78.5 Å². The lowest BCUT2D eigenvalue weighted by Crippen LogP contribution is -2.40. The van der Waals surface area contributed by atoms with Gasteiger partial charge in [0.25, 0.3) is 0 Å². The summed E-state index contributed by atoms with van der Waals surface area (Å²) >= 11 is 0. The first-order valence-electron chi connectivity index (χ1n) is 12.8. The molecule has 6 heteroatoms. The number of ether oxygens (including phenoxy) is 2. The maximum absolute atomic E-state index is 14.1. The van der Waals surface area contributed by atoms with E-state index >= 15 is 0 Å². The Bertz CT molecular complexity index is 1170. The van der Waals surface area contributed by atoms with Crippen LogP contribution in [0.1, 0.15) is 72.8 Å². The molecule has 1 saturated heterocycles. The third-order valence-electron chi connectivity index (χ3n) is 7.13. The molecule has 1 fully saturated rings. The van der Waals surface area contributed by atoms with Crippen LogP contribution in [0.25, 0.3) is 0 Å². The van der Waals surface area contributed by atoms with Gasteiger partial charge in [-0.25, -0.2) is 0 Å². The quantitative estimate of drug-likeness (QED) is 0.293. The highest BCUT2D eigenvalue weighted by Crippen LogP contribution is 2.55. The van der Waals surface area contributed by atoms with Crippen molar-refractivity contribution in [1.82, 2.24) is 0 Å². The van der Waals surface area contributed by atoms with Crippen LogP contribution in [-0.2, 0) is 20.7 Å². The van der Waals surface area contributed by atoms with Gasteiger partial charge >= 0.3 is 0 Å². The second-order valence-corrected chi connectivity index (χ2v) is 11.1. The number of allylic oxidation sites excluding steroid dienone is 7. The molecule has 3 rings (SSSR count). The Balaban J connectivity index is 2.07. The molecule has 0 bridgehead atoms. The highest BCUT2D eigenvalue weighted by atomic mass is 16.5. The lowest BCUT2D eigenvalue weighted by molar-refractivity contribution is -0.127. The zero-order valence-electron chi connectivity index (χ0n) is 23.1. The van der Waals surface area contributed by atoms with Gasteiger partial charge in [0.15, 0.2) is 11.6 Å². The molecule has 0 saturated carbocycles. The average molecular weight is 509 g/mol. The monoisotopic (exact) mass is 508 g/mol. The van der Waals surface area contributed by atoms with E-state index in [2.05, 4.69) is 0 Å². The SMILES string of the molecule is COc1ccc(CCC(=O)C2=C(O)C(CC=C(C)C)=C3OC(C(C)(C)O)CC3(CC=C(C)C)C2=O)cc1. The first kappa shape index (κ1) is 28.5. The minimum Gasteiger partial charge on any atom is -0.507 e. The van der Waals surface area contributed by atoms with Crippen molar-refractivity contribution in [2.75, 3.05) is 7.11 Å². The Morgan fingerprint density at radius 3 is 2.30 bits per heavy atom. The number of benzene rings is 1. The van der Waals surface area contributed by atoms with Crippen molar-refractivity contribution < 1.29 is 29.3 Å². The van der Waals surface area contributed by atoms with Gasteiger partial charge in [0, 0.05) is 18.4 Å². The Hall–Kier alpha value is -3.12. The number of fused-ring (bicyclic) bond motifs is 1. The molecule has 2 N–H and O–H groups in total. The van der Waals surface area contributed by atoms with Crippen molar-refractivity contribution in [3.63, 3.8) is 0 Å². The highest BCUT2D eigenvalue weighted by molar-refractivity contribution is 6.24. The van der Waals surface area contributed by atoms with E-state index in [9.17, 15) is 19.8 Å². The number of methoxy groups -OCH3 is 1. The van der Waals surface area contributed by atoms with E-state index in [0.717, 1.165) is 22.5 Å². The fourth-order valence-corrected chi connectivity index (χ4v) is 4.84. The van der Waals surface area contributed by atoms with Crippen LogP contribution in [0.3, 0.4) is 0 Å². The number of hydrogen-bond acceptors (Lipinski definition) is 6. The Kier molecular flexibility index (Phi) is 8.53. The molecule has 6 nitrogen and oxygen atoms in total. The van der Waals surface area contributed by atoms with Gasteiger partial charge in [-0.3, -0.25) is 9.59 Å². The van der Waals surface area contributed by atoms with Crippen molar-refractivity contribution in [2.45, 2.75) is 85.4 Å². The van der Waals surface area contributed by atoms with E-state index in [1.54, 1.807) is 21.0 Å². The first-order chi connectivity index (χ1) is 17.3. The molecule has 1 aromatic rings. The topological polar surface area (TPSA) is 93.1 Å². The summed E-state index contributed by atoms with van der Waals surface area (Å²) in [6, 6.07) is 7.43. The molecular weight excluding hydrogens is 468 g/mol. The van der Waals surface area contributed by atoms with Crippen molar-refractivity contribution in [3.05, 3.63) is 75.8 Å². The number of hydrogen-bond donors (Lipinski definition) is 2. The molecule has 1 aliphatic heterocycles. The van der Waals surface area contributed by atoms with Crippen LogP contribution in [0.15, 0.2) is 70.2 Å². The summed E-state index contributed by atoms with van der Waals surface area (Å²) in [6.07, 6.45) is 4.65. The summed E-state index contributed by atoms with van der Waals surface area (Å²) < 4.78 is 11.5.